The largest absolute Gasteiger partial charge is 0.394 e. The Hall–Kier alpha value is -0.730. The normalized spacial score (nSPS) is 10.7. The summed E-state index contributed by atoms with van der Waals surface area (Å²) >= 11 is 3.03. The van der Waals surface area contributed by atoms with Gasteiger partial charge in [0.25, 0.3) is 5.56 Å². The molecule has 0 saturated heterocycles. The molecule has 17 heavy (non-hydrogen) atoms. The number of aromatic amines is 1. The molecule has 1 aromatic carbocycles. The van der Waals surface area contributed by atoms with Crippen LogP contribution in [-0.2, 0) is 4.18 Å². The highest BCUT2D eigenvalue weighted by molar-refractivity contribution is 14.1. The van der Waals surface area contributed by atoms with E-state index in [0.29, 0.717) is 6.61 Å². The van der Waals surface area contributed by atoms with Crippen molar-refractivity contribution in [2.24, 2.45) is 0 Å². The minimum absolute atomic E-state index is 0.248. The fourth-order valence-corrected chi connectivity index (χ4v) is 2.18. The summed E-state index contributed by atoms with van der Waals surface area (Å²) < 4.78 is 11.2. The molecule has 2 rings (SSSR count). The van der Waals surface area contributed by atoms with Crippen molar-refractivity contribution in [3.05, 3.63) is 38.2 Å². The molecule has 1 N–H and O–H groups in total. The standard InChI is InChI=1S/C11H10INO3S/c1-2-15-17-16-10-6-7-5-8(12)3-4-9(7)13-11(10)14/h3-6H,2H2,1H3,(H,13,14). The lowest BCUT2D eigenvalue weighted by atomic mass is 10.2. The van der Waals surface area contributed by atoms with Gasteiger partial charge in [0, 0.05) is 14.5 Å². The van der Waals surface area contributed by atoms with E-state index < -0.39 is 0 Å². The summed E-state index contributed by atoms with van der Waals surface area (Å²) in [5.41, 5.74) is 0.537. The Morgan fingerprint density at radius 3 is 3.00 bits per heavy atom. The van der Waals surface area contributed by atoms with Gasteiger partial charge in [0.2, 0.25) is 18.1 Å². The lowest BCUT2D eigenvalue weighted by Crippen LogP contribution is -2.08. The molecule has 0 amide bonds. The third-order valence-corrected chi connectivity index (χ3v) is 3.31. The zero-order chi connectivity index (χ0) is 12.3. The van der Waals surface area contributed by atoms with E-state index in [1.807, 2.05) is 25.1 Å². The second-order valence-corrected chi connectivity index (χ2v) is 5.04. The minimum Gasteiger partial charge on any atom is -0.394 e. The average Bonchev–Trinajstić information content (AvgIpc) is 2.31. The lowest BCUT2D eigenvalue weighted by molar-refractivity contribution is 0.368. The Morgan fingerprint density at radius 2 is 2.24 bits per heavy atom. The Bertz CT molecular complexity index is 584. The van der Waals surface area contributed by atoms with E-state index in [1.54, 1.807) is 6.07 Å². The van der Waals surface area contributed by atoms with Crippen LogP contribution >= 0.6 is 34.9 Å². The van der Waals surface area contributed by atoms with Crippen LogP contribution in [0.25, 0.3) is 10.9 Å². The number of aromatic nitrogens is 1. The summed E-state index contributed by atoms with van der Waals surface area (Å²) in [6.45, 7) is 2.37. The van der Waals surface area contributed by atoms with Gasteiger partial charge in [-0.05, 0) is 53.8 Å². The number of fused-ring (bicyclic) bond motifs is 1. The van der Waals surface area contributed by atoms with Gasteiger partial charge < -0.3 is 9.17 Å². The van der Waals surface area contributed by atoms with Crippen molar-refractivity contribution < 1.29 is 8.37 Å². The minimum atomic E-state index is -0.258. The van der Waals surface area contributed by atoms with Crippen molar-refractivity contribution in [1.29, 1.82) is 0 Å². The van der Waals surface area contributed by atoms with Gasteiger partial charge in [0.05, 0.1) is 6.61 Å². The average molecular weight is 363 g/mol. The summed E-state index contributed by atoms with van der Waals surface area (Å²) in [6.07, 6.45) is 0. The molecule has 1 aromatic heterocycles. The van der Waals surface area contributed by atoms with Crippen molar-refractivity contribution >= 4 is 45.8 Å². The number of benzene rings is 1. The SMILES string of the molecule is CCOSOc1cc2cc(I)ccc2[nH]c1=O. The fourth-order valence-electron chi connectivity index (χ4n) is 1.33. The molecule has 0 bridgehead atoms. The van der Waals surface area contributed by atoms with Gasteiger partial charge in [-0.25, -0.2) is 0 Å². The predicted octanol–water partition coefficient (Wildman–Crippen LogP) is 3.11. The summed E-state index contributed by atoms with van der Waals surface area (Å²) in [5, 5.41) is 0.934. The first-order chi connectivity index (χ1) is 8.20. The zero-order valence-corrected chi connectivity index (χ0v) is 12.0. The molecule has 0 aliphatic carbocycles. The van der Waals surface area contributed by atoms with Crippen LogP contribution in [0.4, 0.5) is 0 Å². The maximum Gasteiger partial charge on any atom is 0.292 e. The third kappa shape index (κ3) is 3.14. The molecule has 4 nitrogen and oxygen atoms in total. The van der Waals surface area contributed by atoms with E-state index in [0.717, 1.165) is 26.8 Å². The van der Waals surface area contributed by atoms with E-state index in [9.17, 15) is 4.79 Å². The number of rotatable bonds is 4. The highest BCUT2D eigenvalue weighted by atomic mass is 127. The molecule has 0 radical (unpaired) electrons. The number of halogens is 1. The Morgan fingerprint density at radius 1 is 1.41 bits per heavy atom. The monoisotopic (exact) mass is 363 g/mol. The molecule has 0 saturated carbocycles. The van der Waals surface area contributed by atoms with Crippen LogP contribution in [0.3, 0.4) is 0 Å². The van der Waals surface area contributed by atoms with Crippen LogP contribution in [0.1, 0.15) is 6.92 Å². The van der Waals surface area contributed by atoms with E-state index in [-0.39, 0.29) is 11.3 Å². The van der Waals surface area contributed by atoms with E-state index in [4.69, 9.17) is 8.37 Å². The first kappa shape index (κ1) is 12.7. The maximum absolute atomic E-state index is 11.7. The van der Waals surface area contributed by atoms with Crippen LogP contribution in [0, 0.1) is 3.57 Å². The zero-order valence-electron chi connectivity index (χ0n) is 9.03. The lowest BCUT2D eigenvalue weighted by Gasteiger charge is -2.04. The molecular weight excluding hydrogens is 353 g/mol. The number of nitrogens with one attached hydrogen (secondary N) is 1. The highest BCUT2D eigenvalue weighted by Crippen LogP contribution is 2.20. The van der Waals surface area contributed by atoms with Crippen molar-refractivity contribution in [3.8, 4) is 5.75 Å². The highest BCUT2D eigenvalue weighted by Gasteiger charge is 2.05. The second-order valence-electron chi connectivity index (χ2n) is 3.25. The van der Waals surface area contributed by atoms with E-state index >= 15 is 0 Å². The molecule has 0 fully saturated rings. The topological polar surface area (TPSA) is 51.3 Å². The molecule has 1 heterocycles. The van der Waals surface area contributed by atoms with Gasteiger partial charge in [-0.1, -0.05) is 0 Å². The molecule has 0 atom stereocenters. The molecule has 0 aliphatic rings. The maximum atomic E-state index is 11.7. The third-order valence-electron chi connectivity index (χ3n) is 2.06. The predicted molar refractivity (Wildman–Crippen MR) is 77.1 cm³/mol. The summed E-state index contributed by atoms with van der Waals surface area (Å²) in [4.78, 5) is 14.4. The van der Waals surface area contributed by atoms with E-state index in [2.05, 4.69) is 27.6 Å². The number of hydrogen-bond acceptors (Lipinski definition) is 4. The summed E-state index contributed by atoms with van der Waals surface area (Å²) in [6, 6.07) is 7.50. The van der Waals surface area contributed by atoms with Gasteiger partial charge in [0.15, 0.2) is 0 Å². The van der Waals surface area contributed by atoms with Crippen molar-refractivity contribution in [2.45, 2.75) is 6.92 Å². The van der Waals surface area contributed by atoms with Gasteiger partial charge in [-0.2, -0.15) is 0 Å². The first-order valence-electron chi connectivity index (χ1n) is 4.99. The quantitative estimate of drug-likeness (QED) is 0.515. The number of hydrogen-bond donors (Lipinski definition) is 1. The molecule has 0 aliphatic heterocycles. The van der Waals surface area contributed by atoms with Gasteiger partial charge in [-0.15, -0.1) is 0 Å². The Balaban J connectivity index is 2.36. The van der Waals surface area contributed by atoms with Crippen LogP contribution < -0.4 is 9.74 Å². The molecule has 6 heteroatoms. The van der Waals surface area contributed by atoms with Gasteiger partial charge in [0.1, 0.15) is 0 Å². The van der Waals surface area contributed by atoms with Crippen LogP contribution in [0.15, 0.2) is 29.1 Å². The van der Waals surface area contributed by atoms with Crippen LogP contribution in [0.2, 0.25) is 0 Å². The molecule has 90 valence electrons. The fraction of sp³-hybridized carbons (Fsp3) is 0.182. The molecule has 0 unspecified atom stereocenters. The first-order valence-corrected chi connectivity index (χ1v) is 6.74. The molecular formula is C11H10INO3S. The van der Waals surface area contributed by atoms with Crippen molar-refractivity contribution in [2.75, 3.05) is 6.61 Å². The second kappa shape index (κ2) is 5.74. The number of H-pyrrole nitrogens is 1. The molecule has 0 spiro atoms. The van der Waals surface area contributed by atoms with Crippen LogP contribution in [-0.4, -0.2) is 11.6 Å². The van der Waals surface area contributed by atoms with Crippen LogP contribution in [0.5, 0.6) is 5.75 Å². The summed E-state index contributed by atoms with van der Waals surface area (Å²) in [5.74, 6) is 0.248. The van der Waals surface area contributed by atoms with Gasteiger partial charge in [-0.3, -0.25) is 8.98 Å². The Labute approximate surface area is 116 Å². The summed E-state index contributed by atoms with van der Waals surface area (Å²) in [7, 11) is 0. The van der Waals surface area contributed by atoms with Gasteiger partial charge >= 0.3 is 0 Å². The smallest absolute Gasteiger partial charge is 0.292 e. The van der Waals surface area contributed by atoms with Crippen molar-refractivity contribution in [3.63, 3.8) is 0 Å². The number of pyridine rings is 1. The van der Waals surface area contributed by atoms with Crippen molar-refractivity contribution in [1.82, 2.24) is 4.98 Å². The van der Waals surface area contributed by atoms with E-state index in [1.165, 1.54) is 0 Å². The Kier molecular flexibility index (Phi) is 4.30. The molecule has 2 aromatic rings.